The number of ether oxygens (including phenoxy) is 1. The fourth-order valence-corrected chi connectivity index (χ4v) is 6.09. The van der Waals surface area contributed by atoms with Crippen LogP contribution < -0.4 is 27.0 Å². The Bertz CT molecular complexity index is 1450. The Balaban J connectivity index is 1.59. The normalized spacial score (nSPS) is 25.7. The third kappa shape index (κ3) is 10.6. The highest BCUT2D eigenvalue weighted by atomic mass is 16.5. The molecule has 13 heteroatoms. The molecule has 0 unspecified atom stereocenters. The summed E-state index contributed by atoms with van der Waals surface area (Å²) in [7, 11) is 0. The maximum Gasteiger partial charge on any atom is 0.246 e. The molecule has 2 aromatic rings. The molecule has 2 aliphatic rings. The van der Waals surface area contributed by atoms with E-state index < -0.39 is 59.2 Å². The summed E-state index contributed by atoms with van der Waals surface area (Å²) in [6.45, 7) is 5.50. The lowest BCUT2D eigenvalue weighted by molar-refractivity contribution is -0.145. The molecule has 0 radical (unpaired) electrons. The third-order valence-electron chi connectivity index (χ3n) is 8.88. The van der Waals surface area contributed by atoms with Crippen molar-refractivity contribution in [2.75, 3.05) is 39.4 Å². The van der Waals surface area contributed by atoms with Crippen LogP contribution in [0.4, 0.5) is 0 Å². The van der Waals surface area contributed by atoms with Crippen molar-refractivity contribution in [2.24, 2.45) is 17.1 Å². The van der Waals surface area contributed by atoms with E-state index in [9.17, 15) is 29.1 Å². The van der Waals surface area contributed by atoms with Gasteiger partial charge < -0.3 is 41.7 Å². The van der Waals surface area contributed by atoms with Gasteiger partial charge >= 0.3 is 0 Å². The molecule has 2 fully saturated rings. The Morgan fingerprint density at radius 1 is 0.878 bits per heavy atom. The number of hydrogen-bond donors (Lipinski definition) is 6. The van der Waals surface area contributed by atoms with Crippen molar-refractivity contribution in [3.8, 4) is 11.1 Å². The smallest absolute Gasteiger partial charge is 0.246 e. The number of hydrogen-bond acceptors (Lipinski definition) is 8. The van der Waals surface area contributed by atoms with Gasteiger partial charge in [-0.3, -0.25) is 24.0 Å². The quantitative estimate of drug-likeness (QED) is 0.269. The highest BCUT2D eigenvalue weighted by molar-refractivity contribution is 5.95. The van der Waals surface area contributed by atoms with Crippen molar-refractivity contribution in [1.82, 2.24) is 26.2 Å². The van der Waals surface area contributed by atoms with E-state index in [1.807, 2.05) is 54.6 Å². The Kier molecular flexibility index (Phi) is 13.3. The van der Waals surface area contributed by atoms with Gasteiger partial charge in [0.25, 0.3) is 0 Å². The van der Waals surface area contributed by atoms with Crippen LogP contribution in [0.3, 0.4) is 0 Å². The minimum Gasteiger partial charge on any atom is -0.391 e. The van der Waals surface area contributed by atoms with Gasteiger partial charge in [-0.2, -0.15) is 0 Å². The van der Waals surface area contributed by atoms with Gasteiger partial charge in [0.15, 0.2) is 0 Å². The van der Waals surface area contributed by atoms with E-state index >= 15 is 0 Å². The highest BCUT2D eigenvalue weighted by Crippen LogP contribution is 2.27. The van der Waals surface area contributed by atoms with Crippen molar-refractivity contribution >= 4 is 29.5 Å². The molecule has 2 heterocycles. The van der Waals surface area contributed by atoms with Crippen LogP contribution in [0, 0.1) is 11.3 Å². The molecule has 0 aromatic heterocycles. The van der Waals surface area contributed by atoms with E-state index in [1.54, 1.807) is 20.8 Å². The number of benzene rings is 2. The number of aliphatic hydroxyl groups is 1. The summed E-state index contributed by atoms with van der Waals surface area (Å²) >= 11 is 0. The summed E-state index contributed by atoms with van der Waals surface area (Å²) in [6.07, 6.45) is 0.0792. The van der Waals surface area contributed by atoms with Gasteiger partial charge in [-0.15, -0.1) is 0 Å². The molecule has 7 N–H and O–H groups in total. The van der Waals surface area contributed by atoms with Gasteiger partial charge in [-0.25, -0.2) is 0 Å². The zero-order valence-electron chi connectivity index (χ0n) is 28.6. The van der Waals surface area contributed by atoms with Crippen molar-refractivity contribution in [2.45, 2.75) is 70.7 Å². The number of aliphatic hydroxyl groups excluding tert-OH is 1. The fraction of sp³-hybridized carbons (Fsp3) is 0.528. The first-order chi connectivity index (χ1) is 23.4. The molecule has 2 aromatic carbocycles. The van der Waals surface area contributed by atoms with Gasteiger partial charge in [0, 0.05) is 39.0 Å². The molecule has 5 amide bonds. The SMILES string of the molecule is CC(C)(C)[C@@H]1NC(=O)COCCNC(=O)[C@@H](CN)CCCNC(=O)[C@@H](Cc2ccc(-c3ccccc3)cc2)NC(=O)[C@@H]2C[C@@H](O)CN2C1=O. The molecule has 13 nitrogen and oxygen atoms in total. The maximum atomic E-state index is 13.9. The van der Waals surface area contributed by atoms with Crippen LogP contribution >= 0.6 is 0 Å². The van der Waals surface area contributed by atoms with E-state index in [-0.39, 0.29) is 58.1 Å². The predicted molar refractivity (Wildman–Crippen MR) is 184 cm³/mol. The minimum absolute atomic E-state index is 0.0207. The van der Waals surface area contributed by atoms with E-state index in [0.29, 0.717) is 12.8 Å². The minimum atomic E-state index is -1.06. The van der Waals surface area contributed by atoms with Crippen molar-refractivity contribution in [1.29, 1.82) is 0 Å². The zero-order chi connectivity index (χ0) is 35.6. The summed E-state index contributed by atoms with van der Waals surface area (Å²) in [5.74, 6) is -2.81. The number of nitrogens with zero attached hydrogens (tertiary/aromatic N) is 1. The van der Waals surface area contributed by atoms with Crippen LogP contribution in [0.1, 0.15) is 45.6 Å². The highest BCUT2D eigenvalue weighted by Gasteiger charge is 2.45. The van der Waals surface area contributed by atoms with Crippen LogP contribution in [0.5, 0.6) is 0 Å². The number of rotatable bonds is 4. The van der Waals surface area contributed by atoms with E-state index in [4.69, 9.17) is 10.5 Å². The molecule has 4 rings (SSSR count). The molecular formula is C36H50N6O7. The first-order valence-corrected chi connectivity index (χ1v) is 16.9. The van der Waals surface area contributed by atoms with E-state index in [1.165, 1.54) is 4.90 Å². The van der Waals surface area contributed by atoms with Crippen molar-refractivity contribution in [3.05, 3.63) is 60.2 Å². The van der Waals surface area contributed by atoms with Crippen LogP contribution in [0.25, 0.3) is 11.1 Å². The Morgan fingerprint density at radius 2 is 1.55 bits per heavy atom. The molecule has 0 bridgehead atoms. The number of carbonyl (C=O) groups is 5. The number of carbonyl (C=O) groups excluding carboxylic acids is 5. The van der Waals surface area contributed by atoms with Gasteiger partial charge in [-0.1, -0.05) is 75.4 Å². The Hall–Kier alpha value is -4.33. The summed E-state index contributed by atoms with van der Waals surface area (Å²) in [5, 5.41) is 21.8. The fourth-order valence-electron chi connectivity index (χ4n) is 6.09. The second kappa shape index (κ2) is 17.4. The lowest BCUT2D eigenvalue weighted by Gasteiger charge is -2.35. The molecule has 0 aliphatic carbocycles. The average Bonchev–Trinajstić information content (AvgIpc) is 3.47. The monoisotopic (exact) mass is 678 g/mol. The summed E-state index contributed by atoms with van der Waals surface area (Å²) in [5.41, 5.74) is 7.96. The molecule has 2 aliphatic heterocycles. The first kappa shape index (κ1) is 37.5. The second-order valence-electron chi connectivity index (χ2n) is 13.8. The van der Waals surface area contributed by atoms with E-state index in [2.05, 4.69) is 21.3 Å². The van der Waals surface area contributed by atoms with Crippen molar-refractivity contribution in [3.63, 3.8) is 0 Å². The predicted octanol–water partition coefficient (Wildman–Crippen LogP) is 0.491. The van der Waals surface area contributed by atoms with E-state index in [0.717, 1.165) is 16.7 Å². The Morgan fingerprint density at radius 3 is 2.22 bits per heavy atom. The van der Waals surface area contributed by atoms with Crippen LogP contribution in [0.15, 0.2) is 54.6 Å². The first-order valence-electron chi connectivity index (χ1n) is 16.9. The average molecular weight is 679 g/mol. The number of nitrogens with one attached hydrogen (secondary N) is 4. The molecule has 266 valence electrons. The number of fused-ring (bicyclic) bond motifs is 1. The van der Waals surface area contributed by atoms with Gasteiger partial charge in [0.1, 0.15) is 24.7 Å². The molecule has 5 atom stereocenters. The van der Waals surface area contributed by atoms with Crippen LogP contribution in [-0.2, 0) is 35.1 Å². The van der Waals surface area contributed by atoms with Gasteiger partial charge in [-0.05, 0) is 34.9 Å². The molecule has 2 saturated heterocycles. The topological polar surface area (TPSA) is 192 Å². The number of amides is 5. The second-order valence-corrected chi connectivity index (χ2v) is 13.8. The summed E-state index contributed by atoms with van der Waals surface area (Å²) < 4.78 is 5.45. The van der Waals surface area contributed by atoms with Crippen LogP contribution in [-0.4, -0.2) is 103 Å². The van der Waals surface area contributed by atoms with Gasteiger partial charge in [0.05, 0.1) is 18.6 Å². The van der Waals surface area contributed by atoms with Crippen molar-refractivity contribution < 1.29 is 33.8 Å². The molecule has 49 heavy (non-hydrogen) atoms. The Labute approximate surface area is 287 Å². The van der Waals surface area contributed by atoms with Crippen LogP contribution in [0.2, 0.25) is 0 Å². The molecular weight excluding hydrogens is 628 g/mol. The number of nitrogens with two attached hydrogens (primary N) is 1. The molecule has 0 spiro atoms. The standard InChI is InChI=1S/C36H50N6O7/c1-36(2,3)31-35(48)42-21-27(43)19-29(42)34(47)40-28(18-23-11-13-25(14-12-23)24-8-5-4-6-9-24)33(46)38-15-7-10-26(20-37)32(45)39-16-17-49-22-30(44)41-31/h4-6,8-9,11-14,26-29,31,43H,7,10,15-22,37H2,1-3H3,(H,38,46)(H,39,45)(H,40,47)(H,41,44)/t26-,27-,28-,29+,31-/m1/s1. The van der Waals surface area contributed by atoms with Gasteiger partial charge in [0.2, 0.25) is 29.5 Å². The summed E-state index contributed by atoms with van der Waals surface area (Å²) in [6, 6.07) is 14.5. The lowest BCUT2D eigenvalue weighted by atomic mass is 9.85. The third-order valence-corrected chi connectivity index (χ3v) is 8.88. The maximum absolute atomic E-state index is 13.9. The molecule has 0 saturated carbocycles. The summed E-state index contributed by atoms with van der Waals surface area (Å²) in [4.78, 5) is 68.2. The lowest BCUT2D eigenvalue weighted by Crippen LogP contribution is -2.59. The zero-order valence-corrected chi connectivity index (χ0v) is 28.6. The largest absolute Gasteiger partial charge is 0.391 e.